The summed E-state index contributed by atoms with van der Waals surface area (Å²) in [4.78, 5) is 4.41. The van der Waals surface area contributed by atoms with Crippen molar-refractivity contribution in [2.75, 3.05) is 6.54 Å². The summed E-state index contributed by atoms with van der Waals surface area (Å²) < 4.78 is 1.85. The summed E-state index contributed by atoms with van der Waals surface area (Å²) >= 11 is 0. The lowest BCUT2D eigenvalue weighted by Crippen LogP contribution is -2.15. The molecule has 1 aliphatic rings. The van der Waals surface area contributed by atoms with E-state index in [9.17, 15) is 0 Å². The Morgan fingerprint density at radius 3 is 3.21 bits per heavy atom. The van der Waals surface area contributed by atoms with Crippen molar-refractivity contribution in [3.05, 3.63) is 41.4 Å². The zero-order valence-electron chi connectivity index (χ0n) is 11.4. The minimum absolute atomic E-state index is 0.856. The van der Waals surface area contributed by atoms with Crippen LogP contribution in [-0.2, 0) is 6.54 Å². The molecular weight excluding hydrogens is 236 g/mol. The van der Waals surface area contributed by atoms with E-state index in [4.69, 9.17) is 0 Å². The van der Waals surface area contributed by atoms with Crippen molar-refractivity contribution in [1.82, 2.24) is 19.9 Å². The van der Waals surface area contributed by atoms with E-state index in [0.717, 1.165) is 24.4 Å². The number of fused-ring (bicyclic) bond motifs is 1. The van der Waals surface area contributed by atoms with Crippen molar-refractivity contribution < 1.29 is 0 Å². The number of aryl methyl sites for hydroxylation is 1. The Morgan fingerprint density at radius 2 is 2.37 bits per heavy atom. The Balaban J connectivity index is 1.53. The van der Waals surface area contributed by atoms with Crippen molar-refractivity contribution in [3.8, 4) is 0 Å². The molecule has 0 radical (unpaired) electrons. The first-order valence-electron chi connectivity index (χ1n) is 7.01. The zero-order chi connectivity index (χ0) is 13.1. The van der Waals surface area contributed by atoms with E-state index in [2.05, 4.69) is 27.7 Å². The molecule has 0 spiro atoms. The molecule has 2 heterocycles. The van der Waals surface area contributed by atoms with Crippen LogP contribution < -0.4 is 5.32 Å². The van der Waals surface area contributed by atoms with Gasteiger partial charge in [0.05, 0.1) is 5.69 Å². The lowest BCUT2D eigenvalue weighted by Gasteiger charge is -2.05. The van der Waals surface area contributed by atoms with Gasteiger partial charge in [-0.15, -0.1) is 0 Å². The first kappa shape index (κ1) is 12.4. The number of nitrogens with zero attached hydrogens (tertiary/aromatic N) is 3. The standard InChI is InChI=1S/C15H20N4/c1-12-8-15-17-10-14(11-19(15)18-12)9-16-7-6-13-4-2-3-5-13/h4,8,10-11,16H,2-3,5-7,9H2,1H3. The molecule has 1 aliphatic carbocycles. The molecule has 0 atom stereocenters. The highest BCUT2D eigenvalue weighted by atomic mass is 15.2. The van der Waals surface area contributed by atoms with Crippen LogP contribution in [0.15, 0.2) is 30.1 Å². The second-order valence-corrected chi connectivity index (χ2v) is 5.23. The third kappa shape index (κ3) is 3.01. The summed E-state index contributed by atoms with van der Waals surface area (Å²) in [5.41, 5.74) is 4.71. The Kier molecular flexibility index (Phi) is 3.60. The van der Waals surface area contributed by atoms with Gasteiger partial charge in [-0.2, -0.15) is 5.10 Å². The number of hydrogen-bond acceptors (Lipinski definition) is 3. The maximum absolute atomic E-state index is 4.41. The molecule has 3 rings (SSSR count). The van der Waals surface area contributed by atoms with Crippen LogP contribution in [0.25, 0.3) is 5.65 Å². The fourth-order valence-corrected chi connectivity index (χ4v) is 2.57. The summed E-state index contributed by atoms with van der Waals surface area (Å²) in [6.07, 6.45) is 11.5. The quantitative estimate of drug-likeness (QED) is 0.660. The van der Waals surface area contributed by atoms with Gasteiger partial charge in [0.25, 0.3) is 0 Å². The molecule has 0 aliphatic heterocycles. The number of rotatable bonds is 5. The van der Waals surface area contributed by atoms with Crippen molar-refractivity contribution in [2.45, 2.75) is 39.2 Å². The van der Waals surface area contributed by atoms with Gasteiger partial charge in [-0.3, -0.25) is 0 Å². The largest absolute Gasteiger partial charge is 0.312 e. The maximum Gasteiger partial charge on any atom is 0.155 e. The average molecular weight is 256 g/mol. The van der Waals surface area contributed by atoms with Gasteiger partial charge in [-0.1, -0.05) is 11.6 Å². The van der Waals surface area contributed by atoms with E-state index in [1.807, 2.05) is 23.7 Å². The van der Waals surface area contributed by atoms with Gasteiger partial charge in [0, 0.05) is 30.6 Å². The van der Waals surface area contributed by atoms with Crippen molar-refractivity contribution in [1.29, 1.82) is 0 Å². The third-order valence-corrected chi connectivity index (χ3v) is 3.58. The summed E-state index contributed by atoms with van der Waals surface area (Å²) in [6, 6.07) is 1.99. The van der Waals surface area contributed by atoms with Crippen LogP contribution in [0.5, 0.6) is 0 Å². The molecule has 2 aromatic rings. The Labute approximate surface area is 113 Å². The molecule has 0 saturated carbocycles. The highest BCUT2D eigenvalue weighted by molar-refractivity contribution is 5.38. The smallest absolute Gasteiger partial charge is 0.155 e. The highest BCUT2D eigenvalue weighted by Gasteiger charge is 2.04. The molecule has 0 amide bonds. The SMILES string of the molecule is Cc1cc2ncc(CNCCC3=CCCC3)cn2n1. The van der Waals surface area contributed by atoms with Crippen LogP contribution in [0.3, 0.4) is 0 Å². The van der Waals surface area contributed by atoms with E-state index in [1.54, 1.807) is 5.57 Å². The van der Waals surface area contributed by atoms with Gasteiger partial charge < -0.3 is 5.32 Å². The Bertz CT molecular complexity index is 597. The second-order valence-electron chi connectivity index (χ2n) is 5.23. The van der Waals surface area contributed by atoms with Crippen LogP contribution in [-0.4, -0.2) is 21.1 Å². The fourth-order valence-electron chi connectivity index (χ4n) is 2.57. The Hall–Kier alpha value is -1.68. The maximum atomic E-state index is 4.41. The molecule has 2 aromatic heterocycles. The van der Waals surface area contributed by atoms with Gasteiger partial charge in [-0.25, -0.2) is 9.50 Å². The fraction of sp³-hybridized carbons (Fsp3) is 0.467. The van der Waals surface area contributed by atoms with Gasteiger partial charge in [0.15, 0.2) is 5.65 Å². The molecule has 4 nitrogen and oxygen atoms in total. The van der Waals surface area contributed by atoms with Crippen LogP contribution >= 0.6 is 0 Å². The van der Waals surface area contributed by atoms with Crippen LogP contribution in [0.4, 0.5) is 0 Å². The van der Waals surface area contributed by atoms with Gasteiger partial charge in [0.1, 0.15) is 0 Å². The van der Waals surface area contributed by atoms with Crippen LogP contribution in [0.2, 0.25) is 0 Å². The average Bonchev–Trinajstić information content (AvgIpc) is 3.02. The zero-order valence-corrected chi connectivity index (χ0v) is 11.4. The lowest BCUT2D eigenvalue weighted by molar-refractivity contribution is 0.670. The Morgan fingerprint density at radius 1 is 1.42 bits per heavy atom. The van der Waals surface area contributed by atoms with Gasteiger partial charge in [0.2, 0.25) is 0 Å². The first-order valence-corrected chi connectivity index (χ1v) is 7.01. The number of nitrogens with one attached hydrogen (secondary N) is 1. The van der Waals surface area contributed by atoms with E-state index >= 15 is 0 Å². The minimum atomic E-state index is 0.856. The molecule has 0 aromatic carbocycles. The number of aromatic nitrogens is 3. The molecule has 0 unspecified atom stereocenters. The third-order valence-electron chi connectivity index (χ3n) is 3.58. The van der Waals surface area contributed by atoms with E-state index in [0.29, 0.717) is 0 Å². The van der Waals surface area contributed by atoms with Crippen molar-refractivity contribution in [3.63, 3.8) is 0 Å². The predicted octanol–water partition coefficient (Wildman–Crippen LogP) is 2.63. The van der Waals surface area contributed by atoms with Gasteiger partial charge >= 0.3 is 0 Å². The molecule has 0 bridgehead atoms. The van der Waals surface area contributed by atoms with E-state index in [-0.39, 0.29) is 0 Å². The predicted molar refractivity (Wildman–Crippen MR) is 76.0 cm³/mol. The summed E-state index contributed by atoms with van der Waals surface area (Å²) in [7, 11) is 0. The van der Waals surface area contributed by atoms with Crippen LogP contribution in [0, 0.1) is 6.92 Å². The monoisotopic (exact) mass is 256 g/mol. The summed E-state index contributed by atoms with van der Waals surface area (Å²) in [5.74, 6) is 0. The highest BCUT2D eigenvalue weighted by Crippen LogP contribution is 2.19. The second kappa shape index (κ2) is 5.53. The van der Waals surface area contributed by atoms with E-state index in [1.165, 1.54) is 31.2 Å². The topological polar surface area (TPSA) is 42.2 Å². The minimum Gasteiger partial charge on any atom is -0.312 e. The molecular formula is C15H20N4. The van der Waals surface area contributed by atoms with Crippen molar-refractivity contribution >= 4 is 5.65 Å². The summed E-state index contributed by atoms with van der Waals surface area (Å²) in [5, 5.41) is 7.86. The van der Waals surface area contributed by atoms with Crippen molar-refractivity contribution in [2.24, 2.45) is 0 Å². The molecule has 0 fully saturated rings. The van der Waals surface area contributed by atoms with E-state index < -0.39 is 0 Å². The summed E-state index contributed by atoms with van der Waals surface area (Å²) in [6.45, 7) is 3.89. The first-order chi connectivity index (χ1) is 9.31. The molecule has 100 valence electrons. The number of hydrogen-bond donors (Lipinski definition) is 1. The molecule has 0 saturated heterocycles. The molecule has 1 N–H and O–H groups in total. The van der Waals surface area contributed by atoms with Crippen LogP contribution in [0.1, 0.15) is 36.9 Å². The molecule has 4 heteroatoms. The number of allylic oxidation sites excluding steroid dienone is 1. The van der Waals surface area contributed by atoms with Gasteiger partial charge in [-0.05, 0) is 39.2 Å². The normalized spacial score (nSPS) is 15.1. The lowest BCUT2D eigenvalue weighted by atomic mass is 10.2. The molecule has 19 heavy (non-hydrogen) atoms.